The van der Waals surface area contributed by atoms with Crippen molar-refractivity contribution in [3.05, 3.63) is 52.3 Å². The summed E-state index contributed by atoms with van der Waals surface area (Å²) in [5.41, 5.74) is 2.52. The van der Waals surface area contributed by atoms with Crippen molar-refractivity contribution in [1.82, 2.24) is 15.1 Å². The fourth-order valence-electron chi connectivity index (χ4n) is 2.01. The molecule has 2 rings (SSSR count). The van der Waals surface area contributed by atoms with Gasteiger partial charge in [-0.05, 0) is 31.0 Å². The largest absolute Gasteiger partial charge is 0.306 e. The minimum absolute atomic E-state index is 0.326. The van der Waals surface area contributed by atoms with E-state index < -0.39 is 0 Å². The number of halogens is 1. The molecule has 3 nitrogen and oxygen atoms in total. The minimum Gasteiger partial charge on any atom is -0.306 e. The molecule has 4 heteroatoms. The van der Waals surface area contributed by atoms with Crippen molar-refractivity contribution >= 4 is 15.9 Å². The van der Waals surface area contributed by atoms with Crippen LogP contribution in [-0.2, 0) is 13.1 Å². The van der Waals surface area contributed by atoms with Crippen LogP contribution in [0, 0.1) is 0 Å². The number of hydrogen-bond acceptors (Lipinski definition) is 2. The van der Waals surface area contributed by atoms with Gasteiger partial charge in [-0.15, -0.1) is 0 Å². The summed E-state index contributed by atoms with van der Waals surface area (Å²) in [6.07, 6.45) is 5.17. The Bertz CT molecular complexity index is 522. The van der Waals surface area contributed by atoms with Crippen molar-refractivity contribution < 1.29 is 0 Å². The molecule has 1 N–H and O–H groups in total. The van der Waals surface area contributed by atoms with Crippen molar-refractivity contribution in [3.63, 3.8) is 0 Å². The topological polar surface area (TPSA) is 29.9 Å². The lowest BCUT2D eigenvalue weighted by atomic mass is 10.1. The molecule has 0 aliphatic rings. The second kappa shape index (κ2) is 6.87. The van der Waals surface area contributed by atoms with Crippen LogP contribution < -0.4 is 5.32 Å². The maximum absolute atomic E-state index is 4.34. The van der Waals surface area contributed by atoms with Crippen LogP contribution >= 0.6 is 15.9 Å². The fraction of sp³-hybridized carbons (Fsp3) is 0.400. The van der Waals surface area contributed by atoms with Crippen molar-refractivity contribution in [1.29, 1.82) is 0 Å². The molecule has 0 radical (unpaired) electrons. The van der Waals surface area contributed by atoms with E-state index in [1.54, 1.807) is 0 Å². The molecular weight excluding hydrogens is 302 g/mol. The van der Waals surface area contributed by atoms with Crippen molar-refractivity contribution in [2.24, 2.45) is 0 Å². The van der Waals surface area contributed by atoms with Crippen LogP contribution in [0.4, 0.5) is 0 Å². The zero-order valence-electron chi connectivity index (χ0n) is 11.4. The highest BCUT2D eigenvalue weighted by atomic mass is 79.9. The van der Waals surface area contributed by atoms with Crippen LogP contribution in [0.1, 0.15) is 37.4 Å². The number of nitrogens with zero attached hydrogens (tertiary/aromatic N) is 2. The molecule has 102 valence electrons. The molecule has 1 heterocycles. The molecule has 1 atom stereocenters. The first-order valence-corrected chi connectivity index (χ1v) is 7.48. The van der Waals surface area contributed by atoms with Crippen LogP contribution in [0.2, 0.25) is 0 Å². The van der Waals surface area contributed by atoms with E-state index in [0.29, 0.717) is 6.04 Å². The Labute approximate surface area is 123 Å². The summed E-state index contributed by atoms with van der Waals surface area (Å²) in [6, 6.07) is 8.73. The summed E-state index contributed by atoms with van der Waals surface area (Å²) >= 11 is 3.51. The molecule has 1 aromatic carbocycles. The summed E-state index contributed by atoms with van der Waals surface area (Å²) in [5.74, 6) is 0. The summed E-state index contributed by atoms with van der Waals surface area (Å²) < 4.78 is 3.12. The maximum Gasteiger partial charge on any atom is 0.0534 e. The molecule has 0 saturated carbocycles. The van der Waals surface area contributed by atoms with Gasteiger partial charge in [0.25, 0.3) is 0 Å². The van der Waals surface area contributed by atoms with E-state index in [4.69, 9.17) is 0 Å². The van der Waals surface area contributed by atoms with E-state index in [1.165, 1.54) is 11.1 Å². The van der Waals surface area contributed by atoms with Gasteiger partial charge in [-0.2, -0.15) is 5.10 Å². The highest BCUT2D eigenvalue weighted by Gasteiger charge is 2.06. The van der Waals surface area contributed by atoms with Gasteiger partial charge in [0, 0.05) is 35.4 Å². The van der Waals surface area contributed by atoms with Gasteiger partial charge in [-0.1, -0.05) is 35.0 Å². The number of nitrogens with one attached hydrogen (secondary N) is 1. The number of aromatic nitrogens is 2. The van der Waals surface area contributed by atoms with Gasteiger partial charge in [-0.25, -0.2) is 0 Å². The Morgan fingerprint density at radius 3 is 3.00 bits per heavy atom. The third-order valence-electron chi connectivity index (χ3n) is 3.10. The Balaban J connectivity index is 1.90. The van der Waals surface area contributed by atoms with Crippen molar-refractivity contribution in [2.75, 3.05) is 0 Å². The molecule has 1 aromatic heterocycles. The van der Waals surface area contributed by atoms with Gasteiger partial charge in [-0.3, -0.25) is 4.68 Å². The molecular formula is C15H20BrN3. The molecule has 0 saturated heterocycles. The van der Waals surface area contributed by atoms with E-state index in [9.17, 15) is 0 Å². The lowest BCUT2D eigenvalue weighted by Gasteiger charge is -2.13. The molecule has 0 unspecified atom stereocenters. The Kier molecular flexibility index (Phi) is 5.16. The predicted molar refractivity (Wildman–Crippen MR) is 81.9 cm³/mol. The van der Waals surface area contributed by atoms with Crippen LogP contribution in [0.3, 0.4) is 0 Å². The summed E-state index contributed by atoms with van der Waals surface area (Å²) in [5, 5.41) is 7.86. The van der Waals surface area contributed by atoms with Crippen LogP contribution in [-0.4, -0.2) is 9.78 Å². The molecule has 0 aliphatic carbocycles. The number of hydrogen-bond donors (Lipinski definition) is 1. The Morgan fingerprint density at radius 2 is 2.26 bits per heavy atom. The SMILES string of the molecule is CCCn1cc(CN[C@@H](C)c2cccc(Br)c2)cn1. The maximum atomic E-state index is 4.34. The van der Waals surface area contributed by atoms with E-state index in [0.717, 1.165) is 24.0 Å². The smallest absolute Gasteiger partial charge is 0.0534 e. The second-order valence-corrected chi connectivity index (χ2v) is 5.68. The molecule has 0 fully saturated rings. The van der Waals surface area contributed by atoms with Crippen LogP contribution in [0.5, 0.6) is 0 Å². The Hall–Kier alpha value is -1.13. The highest BCUT2D eigenvalue weighted by Crippen LogP contribution is 2.18. The minimum atomic E-state index is 0.326. The van der Waals surface area contributed by atoms with Gasteiger partial charge in [0.15, 0.2) is 0 Å². The van der Waals surface area contributed by atoms with Crippen LogP contribution in [0.15, 0.2) is 41.1 Å². The summed E-state index contributed by atoms with van der Waals surface area (Å²) in [6.45, 7) is 6.17. The first-order valence-electron chi connectivity index (χ1n) is 6.69. The average molecular weight is 322 g/mol. The molecule has 19 heavy (non-hydrogen) atoms. The Morgan fingerprint density at radius 1 is 1.42 bits per heavy atom. The summed E-state index contributed by atoms with van der Waals surface area (Å²) in [7, 11) is 0. The number of aryl methyl sites for hydroxylation is 1. The molecule has 0 bridgehead atoms. The normalized spacial score (nSPS) is 12.6. The van der Waals surface area contributed by atoms with E-state index in [-0.39, 0.29) is 0 Å². The van der Waals surface area contributed by atoms with Gasteiger partial charge in [0.1, 0.15) is 0 Å². The monoisotopic (exact) mass is 321 g/mol. The third-order valence-corrected chi connectivity index (χ3v) is 3.59. The van der Waals surface area contributed by atoms with E-state index >= 15 is 0 Å². The zero-order valence-corrected chi connectivity index (χ0v) is 13.0. The van der Waals surface area contributed by atoms with Gasteiger partial charge >= 0.3 is 0 Å². The quantitative estimate of drug-likeness (QED) is 0.874. The van der Waals surface area contributed by atoms with Crippen LogP contribution in [0.25, 0.3) is 0 Å². The van der Waals surface area contributed by atoms with E-state index in [1.807, 2.05) is 16.9 Å². The lowest BCUT2D eigenvalue weighted by Crippen LogP contribution is -2.17. The lowest BCUT2D eigenvalue weighted by molar-refractivity contribution is 0.571. The van der Waals surface area contributed by atoms with E-state index in [2.05, 4.69) is 64.6 Å². The molecule has 0 aliphatic heterocycles. The first kappa shape index (κ1) is 14.3. The van der Waals surface area contributed by atoms with Crippen molar-refractivity contribution in [3.8, 4) is 0 Å². The zero-order chi connectivity index (χ0) is 13.7. The molecule has 0 spiro atoms. The number of rotatable bonds is 6. The number of benzene rings is 1. The van der Waals surface area contributed by atoms with Crippen molar-refractivity contribution in [2.45, 2.75) is 39.4 Å². The molecule has 2 aromatic rings. The fourth-order valence-corrected chi connectivity index (χ4v) is 2.43. The highest BCUT2D eigenvalue weighted by molar-refractivity contribution is 9.10. The predicted octanol–water partition coefficient (Wildman–Crippen LogP) is 3.91. The van der Waals surface area contributed by atoms with Gasteiger partial charge in [0.2, 0.25) is 0 Å². The first-order chi connectivity index (χ1) is 9.19. The molecule has 0 amide bonds. The standard InChI is InChI=1S/C15H20BrN3/c1-3-7-19-11-13(10-18-19)9-17-12(2)14-5-4-6-15(16)8-14/h4-6,8,10-12,17H,3,7,9H2,1-2H3/t12-/m0/s1. The average Bonchev–Trinajstić information content (AvgIpc) is 2.84. The second-order valence-electron chi connectivity index (χ2n) is 4.77. The summed E-state index contributed by atoms with van der Waals surface area (Å²) in [4.78, 5) is 0. The van der Waals surface area contributed by atoms with Gasteiger partial charge < -0.3 is 5.32 Å². The van der Waals surface area contributed by atoms with Gasteiger partial charge in [0.05, 0.1) is 6.20 Å². The third kappa shape index (κ3) is 4.18.